The minimum absolute atomic E-state index is 0.117. The van der Waals surface area contributed by atoms with Gasteiger partial charge in [-0.05, 0) is 50.2 Å². The van der Waals surface area contributed by atoms with Crippen LogP contribution < -0.4 is 5.32 Å². The zero-order valence-corrected chi connectivity index (χ0v) is 20.9. The molecule has 8 nitrogen and oxygen atoms in total. The van der Waals surface area contributed by atoms with Gasteiger partial charge in [0.05, 0.1) is 12.2 Å². The highest BCUT2D eigenvalue weighted by molar-refractivity contribution is 6.30. The van der Waals surface area contributed by atoms with Gasteiger partial charge in [0.1, 0.15) is 0 Å². The van der Waals surface area contributed by atoms with Crippen LogP contribution in [-0.4, -0.2) is 68.5 Å². The molecule has 1 amide bonds. The number of benzene rings is 1. The number of aliphatic imine (C=N–C) groups is 2. The van der Waals surface area contributed by atoms with E-state index in [0.29, 0.717) is 29.5 Å². The molecule has 0 aliphatic heterocycles. The smallest absolute Gasteiger partial charge is 0.254 e. The number of aliphatic hydroxyl groups excluding tert-OH is 1. The van der Waals surface area contributed by atoms with E-state index in [0.717, 1.165) is 12.1 Å². The molecule has 0 heterocycles. The number of amidine groups is 1. The van der Waals surface area contributed by atoms with E-state index in [9.17, 15) is 4.79 Å². The quantitative estimate of drug-likeness (QED) is 0.173. The first-order valence-electron chi connectivity index (χ1n) is 11.0. The number of carbonyl (C=O) groups is 1. The molecule has 1 aromatic carbocycles. The molecule has 1 atom stereocenters. The summed E-state index contributed by atoms with van der Waals surface area (Å²) in [4.78, 5) is 34.3. The molecule has 1 aliphatic rings. The highest BCUT2D eigenvalue weighted by atomic mass is 35.5. The number of nitrogens with one attached hydrogen (secondary N) is 1. The first kappa shape index (κ1) is 27.3. The molecule has 0 aromatic heterocycles. The average Bonchev–Trinajstić information content (AvgIpc) is 2.81. The van der Waals surface area contributed by atoms with E-state index in [1.807, 2.05) is 38.4 Å². The van der Waals surface area contributed by atoms with Gasteiger partial charge < -0.3 is 15.3 Å². The van der Waals surface area contributed by atoms with Crippen LogP contribution in [0, 0.1) is 5.92 Å². The standard InChI is InChI=1S/C25H33ClN4O4/c1-18(33-34-22-7-5-6-20(16-22)17-30(3)4)29-24(27-2)23(25(32)28-14-15-31)13-10-19-8-11-21(26)12-9-19/h5-9,11-13,20,31H,10,14-17H2,1-4H3,(H,28,32)/b23-13-,27-24?,29-18?. The normalized spacial score (nSPS) is 17.0. The number of hydrogen-bond donors (Lipinski definition) is 2. The third-order valence-electron chi connectivity index (χ3n) is 4.81. The Morgan fingerprint density at radius 1 is 1.32 bits per heavy atom. The number of aliphatic hydroxyl groups is 1. The van der Waals surface area contributed by atoms with Crippen LogP contribution in [0.4, 0.5) is 0 Å². The predicted octanol–water partition coefficient (Wildman–Crippen LogP) is 3.33. The molecule has 0 fully saturated rings. The van der Waals surface area contributed by atoms with Crippen LogP contribution in [0.1, 0.15) is 18.9 Å². The van der Waals surface area contributed by atoms with Gasteiger partial charge in [0.15, 0.2) is 11.6 Å². The number of nitrogens with zero attached hydrogens (tertiary/aromatic N) is 3. The van der Waals surface area contributed by atoms with E-state index in [1.165, 1.54) is 0 Å². The van der Waals surface area contributed by atoms with Gasteiger partial charge >= 0.3 is 0 Å². The fourth-order valence-corrected chi connectivity index (χ4v) is 3.40. The lowest BCUT2D eigenvalue weighted by atomic mass is 9.99. The maximum absolute atomic E-state index is 12.7. The van der Waals surface area contributed by atoms with E-state index in [4.69, 9.17) is 26.5 Å². The van der Waals surface area contributed by atoms with Crippen LogP contribution in [0.25, 0.3) is 0 Å². The molecule has 0 bridgehead atoms. The van der Waals surface area contributed by atoms with Crippen LogP contribution in [0.5, 0.6) is 0 Å². The van der Waals surface area contributed by atoms with Crippen LogP contribution >= 0.6 is 11.6 Å². The highest BCUT2D eigenvalue weighted by Crippen LogP contribution is 2.20. The van der Waals surface area contributed by atoms with E-state index in [1.54, 1.807) is 32.2 Å². The van der Waals surface area contributed by atoms with E-state index in [-0.39, 0.29) is 30.5 Å². The van der Waals surface area contributed by atoms with Gasteiger partial charge in [-0.2, -0.15) is 4.99 Å². The summed E-state index contributed by atoms with van der Waals surface area (Å²) in [7, 11) is 5.60. The zero-order chi connectivity index (χ0) is 24.9. The average molecular weight is 489 g/mol. The molecule has 1 unspecified atom stereocenters. The number of rotatable bonds is 10. The highest BCUT2D eigenvalue weighted by Gasteiger charge is 2.17. The Bertz CT molecular complexity index is 966. The lowest BCUT2D eigenvalue weighted by Crippen LogP contribution is -2.30. The van der Waals surface area contributed by atoms with Gasteiger partial charge in [0, 0.05) is 38.5 Å². The van der Waals surface area contributed by atoms with E-state index < -0.39 is 5.91 Å². The summed E-state index contributed by atoms with van der Waals surface area (Å²) in [6, 6.07) is 7.34. The van der Waals surface area contributed by atoms with Gasteiger partial charge in [0.2, 0.25) is 5.90 Å². The van der Waals surface area contributed by atoms with Gasteiger partial charge in [-0.1, -0.05) is 42.0 Å². The maximum Gasteiger partial charge on any atom is 0.254 e. The summed E-state index contributed by atoms with van der Waals surface area (Å²) in [5.41, 5.74) is 1.23. The largest absolute Gasteiger partial charge is 0.395 e. The van der Waals surface area contributed by atoms with Gasteiger partial charge in [-0.25, -0.2) is 0 Å². The number of halogens is 1. The molecule has 0 radical (unpaired) electrons. The molecule has 0 saturated heterocycles. The number of amides is 1. The molecular formula is C25H33ClN4O4. The third kappa shape index (κ3) is 9.51. The summed E-state index contributed by atoms with van der Waals surface area (Å²) in [6.45, 7) is 2.48. The number of carbonyl (C=O) groups excluding carboxylic acids is 1. The third-order valence-corrected chi connectivity index (χ3v) is 5.06. The van der Waals surface area contributed by atoms with Gasteiger partial charge in [-0.3, -0.25) is 19.6 Å². The van der Waals surface area contributed by atoms with Crippen molar-refractivity contribution in [2.24, 2.45) is 15.9 Å². The first-order chi connectivity index (χ1) is 16.3. The summed E-state index contributed by atoms with van der Waals surface area (Å²) in [6.07, 6.45) is 8.86. The molecule has 34 heavy (non-hydrogen) atoms. The lowest BCUT2D eigenvalue weighted by molar-refractivity contribution is -0.186. The van der Waals surface area contributed by atoms with Crippen LogP contribution in [0.3, 0.4) is 0 Å². The van der Waals surface area contributed by atoms with Crippen molar-refractivity contribution in [3.63, 3.8) is 0 Å². The Labute approximate surface area is 206 Å². The molecule has 9 heteroatoms. The molecule has 184 valence electrons. The lowest BCUT2D eigenvalue weighted by Gasteiger charge is -2.21. The maximum atomic E-state index is 12.7. The van der Waals surface area contributed by atoms with Crippen molar-refractivity contribution >= 4 is 29.2 Å². The Balaban J connectivity index is 2.11. The summed E-state index contributed by atoms with van der Waals surface area (Å²) in [5.74, 6) is 1.02. The van der Waals surface area contributed by atoms with Crippen molar-refractivity contribution in [1.29, 1.82) is 0 Å². The van der Waals surface area contributed by atoms with Crippen molar-refractivity contribution in [3.05, 3.63) is 70.5 Å². The number of hydrogen-bond acceptors (Lipinski definition) is 6. The molecular weight excluding hydrogens is 456 g/mol. The van der Waals surface area contributed by atoms with E-state index in [2.05, 4.69) is 26.3 Å². The molecule has 2 rings (SSSR count). The topological polar surface area (TPSA) is 95.8 Å². The Kier molecular flexibility index (Phi) is 11.5. The summed E-state index contributed by atoms with van der Waals surface area (Å²) < 4.78 is 0. The van der Waals surface area contributed by atoms with Crippen molar-refractivity contribution in [2.45, 2.75) is 19.8 Å². The molecule has 1 aromatic rings. The van der Waals surface area contributed by atoms with E-state index >= 15 is 0 Å². The minimum Gasteiger partial charge on any atom is -0.395 e. The van der Waals surface area contributed by atoms with Crippen LogP contribution in [0.15, 0.2) is 69.9 Å². The molecule has 0 saturated carbocycles. The number of allylic oxidation sites excluding steroid dienone is 4. The van der Waals surface area contributed by atoms with Crippen molar-refractivity contribution in [2.75, 3.05) is 40.8 Å². The summed E-state index contributed by atoms with van der Waals surface area (Å²) in [5, 5.41) is 12.4. The second kappa shape index (κ2) is 14.3. The van der Waals surface area contributed by atoms with Crippen molar-refractivity contribution in [3.8, 4) is 0 Å². The fraction of sp³-hybridized carbons (Fsp3) is 0.400. The first-order valence-corrected chi connectivity index (χ1v) is 11.4. The molecule has 0 spiro atoms. The second-order valence-electron chi connectivity index (χ2n) is 8.02. The van der Waals surface area contributed by atoms with Crippen molar-refractivity contribution in [1.82, 2.24) is 10.2 Å². The minimum atomic E-state index is -0.396. The molecule has 1 aliphatic carbocycles. The second-order valence-corrected chi connectivity index (χ2v) is 8.45. The fourth-order valence-electron chi connectivity index (χ4n) is 3.27. The van der Waals surface area contributed by atoms with Gasteiger partial charge in [-0.15, -0.1) is 0 Å². The van der Waals surface area contributed by atoms with Crippen LogP contribution in [0.2, 0.25) is 5.02 Å². The zero-order valence-electron chi connectivity index (χ0n) is 20.1. The predicted molar refractivity (Wildman–Crippen MR) is 136 cm³/mol. The van der Waals surface area contributed by atoms with Crippen LogP contribution in [-0.2, 0) is 21.0 Å². The Hall–Kier alpha value is -2.94. The Morgan fingerprint density at radius 2 is 2.06 bits per heavy atom. The molecule has 2 N–H and O–H groups in total. The SMILES string of the molecule is CN=C(N=C(C)OOC1=CC=CC(CN(C)C)C1)/C(=C/Cc1ccc(Cl)cc1)C(=O)NCCO. The Morgan fingerprint density at radius 3 is 2.71 bits per heavy atom. The van der Waals surface area contributed by atoms with Gasteiger partial charge in [0.25, 0.3) is 5.91 Å². The monoisotopic (exact) mass is 488 g/mol. The summed E-state index contributed by atoms with van der Waals surface area (Å²) >= 11 is 5.95. The van der Waals surface area contributed by atoms with Crippen molar-refractivity contribution < 1.29 is 19.7 Å².